The van der Waals surface area contributed by atoms with Gasteiger partial charge in [-0.15, -0.1) is 0 Å². The van der Waals surface area contributed by atoms with E-state index < -0.39 is 41.7 Å². The number of primary amides is 1. The summed E-state index contributed by atoms with van der Waals surface area (Å²) in [4.78, 5) is 23.8. The van der Waals surface area contributed by atoms with E-state index in [-0.39, 0.29) is 31.5 Å². The normalized spacial score (nSPS) is 34.1. The number of nitrogens with two attached hydrogens (primary N) is 1. The summed E-state index contributed by atoms with van der Waals surface area (Å²) in [5.41, 5.74) is 3.19. The largest absolute Gasteiger partial charge is 0.455 e. The third kappa shape index (κ3) is 2.39. The van der Waals surface area contributed by atoms with Crippen molar-refractivity contribution in [1.82, 2.24) is 20.9 Å². The molecule has 1 amide bonds. The van der Waals surface area contributed by atoms with E-state index in [2.05, 4.69) is 16.0 Å². The molecule has 3 heterocycles. The van der Waals surface area contributed by atoms with Gasteiger partial charge < -0.3 is 46.3 Å². The van der Waals surface area contributed by atoms with Crippen molar-refractivity contribution in [1.29, 1.82) is 10.8 Å². The van der Waals surface area contributed by atoms with Gasteiger partial charge in [-0.05, 0) is 0 Å². The van der Waals surface area contributed by atoms with Gasteiger partial charge in [-0.25, -0.2) is 4.79 Å². The minimum absolute atomic E-state index is 0.0370. The van der Waals surface area contributed by atoms with Crippen LogP contribution in [-0.4, -0.2) is 81.9 Å². The van der Waals surface area contributed by atoms with Crippen LogP contribution in [0.4, 0.5) is 4.79 Å². The van der Waals surface area contributed by atoms with Crippen molar-refractivity contribution < 1.29 is 29.3 Å². The molecule has 0 aromatic rings. The van der Waals surface area contributed by atoms with Crippen LogP contribution in [0.3, 0.4) is 0 Å². The topological polar surface area (TPSA) is 206 Å². The number of guanidine groups is 2. The molecule has 0 aromatic carbocycles. The van der Waals surface area contributed by atoms with Crippen LogP contribution in [0.15, 0.2) is 0 Å². The standard InChI is InChI=1S/C13H21N7O6/c1-2-7(21)26-6-3-20-10(15)17-5(4-25-11(16)22)8-12(20,13(6,23)24)19-9(14)18-8/h5-6,8,23-24H,2-4H2,1H3,(H2,15,17)(H2,16,22)(H3,14,18,19)/t5-,6+,8-,12-/m0/s1. The lowest BCUT2D eigenvalue weighted by Crippen LogP contribution is -2.81. The van der Waals surface area contributed by atoms with Gasteiger partial charge in [0.25, 0.3) is 0 Å². The lowest BCUT2D eigenvalue weighted by Gasteiger charge is -2.50. The number of nitrogens with one attached hydrogen (secondary N) is 5. The Morgan fingerprint density at radius 1 is 1.38 bits per heavy atom. The Morgan fingerprint density at radius 3 is 2.69 bits per heavy atom. The predicted molar refractivity (Wildman–Crippen MR) is 84.7 cm³/mol. The zero-order chi connectivity index (χ0) is 19.3. The molecule has 13 nitrogen and oxygen atoms in total. The molecule has 144 valence electrons. The number of nitrogens with zero attached hydrogens (tertiary/aromatic N) is 1. The molecule has 0 radical (unpaired) electrons. The quantitative estimate of drug-likeness (QED) is 0.181. The van der Waals surface area contributed by atoms with Crippen LogP contribution in [0.25, 0.3) is 0 Å². The number of amides is 1. The highest BCUT2D eigenvalue weighted by Crippen LogP contribution is 2.44. The van der Waals surface area contributed by atoms with Crippen molar-refractivity contribution in [2.24, 2.45) is 5.73 Å². The highest BCUT2D eigenvalue weighted by atomic mass is 16.6. The number of hydrogen-bond acceptors (Lipinski definition) is 8. The Morgan fingerprint density at radius 2 is 2.08 bits per heavy atom. The maximum Gasteiger partial charge on any atom is 0.404 e. The third-order valence-corrected chi connectivity index (χ3v) is 4.81. The third-order valence-electron chi connectivity index (χ3n) is 4.81. The predicted octanol–water partition coefficient (Wildman–Crippen LogP) is -3.50. The number of ether oxygens (including phenoxy) is 2. The fourth-order valence-electron chi connectivity index (χ4n) is 3.67. The zero-order valence-corrected chi connectivity index (χ0v) is 13.9. The smallest absolute Gasteiger partial charge is 0.404 e. The molecule has 1 spiro atoms. The van der Waals surface area contributed by atoms with Gasteiger partial charge in [0.1, 0.15) is 12.6 Å². The molecule has 3 rings (SSSR count). The van der Waals surface area contributed by atoms with E-state index in [4.69, 9.17) is 26.0 Å². The van der Waals surface area contributed by atoms with Crippen molar-refractivity contribution in [2.45, 2.75) is 43.0 Å². The monoisotopic (exact) mass is 371 g/mol. The maximum absolute atomic E-state index is 11.7. The van der Waals surface area contributed by atoms with E-state index in [1.807, 2.05) is 0 Å². The van der Waals surface area contributed by atoms with Crippen LogP contribution in [0.5, 0.6) is 0 Å². The molecule has 26 heavy (non-hydrogen) atoms. The first-order valence-electron chi connectivity index (χ1n) is 7.96. The molecule has 13 heteroatoms. The van der Waals surface area contributed by atoms with Crippen molar-refractivity contribution >= 4 is 24.0 Å². The van der Waals surface area contributed by atoms with Gasteiger partial charge in [-0.3, -0.25) is 15.6 Å². The number of esters is 1. The summed E-state index contributed by atoms with van der Waals surface area (Å²) in [6.07, 6.45) is -2.36. The molecule has 3 saturated heterocycles. The number of hydrogen-bond donors (Lipinski definition) is 8. The van der Waals surface area contributed by atoms with Crippen LogP contribution in [-0.2, 0) is 14.3 Å². The lowest BCUT2D eigenvalue weighted by molar-refractivity contribution is -0.263. The molecule has 3 aliphatic rings. The molecule has 4 atom stereocenters. The van der Waals surface area contributed by atoms with Gasteiger partial charge in [0.15, 0.2) is 23.7 Å². The second-order valence-electron chi connectivity index (χ2n) is 6.29. The van der Waals surface area contributed by atoms with Crippen molar-refractivity contribution in [3.05, 3.63) is 0 Å². The van der Waals surface area contributed by atoms with E-state index in [0.717, 1.165) is 0 Å². The average Bonchev–Trinajstić information content (AvgIpc) is 3.02. The maximum atomic E-state index is 11.7. The number of rotatable bonds is 4. The second-order valence-corrected chi connectivity index (χ2v) is 6.29. The van der Waals surface area contributed by atoms with Crippen molar-refractivity contribution in [2.75, 3.05) is 13.2 Å². The first-order chi connectivity index (χ1) is 12.1. The van der Waals surface area contributed by atoms with Gasteiger partial charge in [0.2, 0.25) is 5.79 Å². The summed E-state index contributed by atoms with van der Waals surface area (Å²) in [7, 11) is 0. The van der Waals surface area contributed by atoms with Gasteiger partial charge in [-0.1, -0.05) is 6.92 Å². The molecule has 9 N–H and O–H groups in total. The number of aliphatic hydroxyl groups is 2. The first kappa shape index (κ1) is 18.0. The van der Waals surface area contributed by atoms with E-state index in [0.29, 0.717) is 0 Å². The summed E-state index contributed by atoms with van der Waals surface area (Å²) in [6, 6.07) is -1.72. The summed E-state index contributed by atoms with van der Waals surface area (Å²) < 4.78 is 9.91. The summed E-state index contributed by atoms with van der Waals surface area (Å²) in [5.74, 6) is -3.72. The second kappa shape index (κ2) is 5.88. The van der Waals surface area contributed by atoms with E-state index >= 15 is 0 Å². The molecule has 3 fully saturated rings. The average molecular weight is 371 g/mol. The van der Waals surface area contributed by atoms with Gasteiger partial charge in [0, 0.05) is 6.42 Å². The van der Waals surface area contributed by atoms with Crippen LogP contribution < -0.4 is 21.7 Å². The SMILES string of the molecule is CCC(=O)O[C@@H]1CN2C(=N)N[C@@H](COC(N)=O)[C@@H]3NC(=N)N[C@@]32C1(O)O. The highest BCUT2D eigenvalue weighted by Gasteiger charge is 2.75. The van der Waals surface area contributed by atoms with Crippen LogP contribution in [0.2, 0.25) is 0 Å². The molecular weight excluding hydrogens is 350 g/mol. The summed E-state index contributed by atoms with van der Waals surface area (Å²) in [6.45, 7) is 1.09. The number of carbonyl (C=O) groups excluding carboxylic acids is 2. The number of carbonyl (C=O) groups is 2. The van der Waals surface area contributed by atoms with E-state index in [9.17, 15) is 19.8 Å². The molecule has 0 bridgehead atoms. The van der Waals surface area contributed by atoms with Crippen molar-refractivity contribution in [3.63, 3.8) is 0 Å². The minimum atomic E-state index is -2.64. The van der Waals surface area contributed by atoms with E-state index in [1.165, 1.54) is 4.90 Å². The van der Waals surface area contributed by atoms with Crippen LogP contribution in [0, 0.1) is 10.8 Å². The fraction of sp³-hybridized carbons (Fsp3) is 0.692. The Kier molecular flexibility index (Phi) is 4.07. The molecule has 0 unspecified atom stereocenters. The highest BCUT2D eigenvalue weighted by molar-refractivity contribution is 5.87. The summed E-state index contributed by atoms with van der Waals surface area (Å²) >= 11 is 0. The Balaban J connectivity index is 1.98. The lowest BCUT2D eigenvalue weighted by atomic mass is 9.85. The van der Waals surface area contributed by atoms with Gasteiger partial charge in [-0.2, -0.15) is 0 Å². The molecule has 0 aliphatic carbocycles. The van der Waals surface area contributed by atoms with Crippen LogP contribution in [0.1, 0.15) is 13.3 Å². The molecular formula is C13H21N7O6. The molecule has 3 aliphatic heterocycles. The van der Waals surface area contributed by atoms with Crippen LogP contribution >= 0.6 is 0 Å². The van der Waals surface area contributed by atoms with Crippen molar-refractivity contribution in [3.8, 4) is 0 Å². The molecule has 0 aromatic heterocycles. The van der Waals surface area contributed by atoms with Gasteiger partial charge >= 0.3 is 12.1 Å². The summed E-state index contributed by atoms with van der Waals surface area (Å²) in [5, 5.41) is 45.9. The Bertz CT molecular complexity index is 669. The molecule has 0 saturated carbocycles. The minimum Gasteiger partial charge on any atom is -0.455 e. The van der Waals surface area contributed by atoms with E-state index in [1.54, 1.807) is 6.92 Å². The Hall–Kier alpha value is -2.80. The van der Waals surface area contributed by atoms with Gasteiger partial charge in [0.05, 0.1) is 12.6 Å². The zero-order valence-electron chi connectivity index (χ0n) is 13.9. The Labute approximate surface area is 147 Å². The first-order valence-corrected chi connectivity index (χ1v) is 7.96. The fourth-order valence-corrected chi connectivity index (χ4v) is 3.67.